The Balaban J connectivity index is 3.17. The average molecular weight is 497 g/mol. The first-order valence-electron chi connectivity index (χ1n) is 15.5. The second kappa shape index (κ2) is 27.5. The Labute approximate surface area is 218 Å². The van der Waals surface area contributed by atoms with Gasteiger partial charge in [0.1, 0.15) is 0 Å². The molecule has 0 aromatic heterocycles. The summed E-state index contributed by atoms with van der Waals surface area (Å²) in [4.78, 5) is 21.7. The molecule has 0 spiro atoms. The third-order valence-corrected chi connectivity index (χ3v) is 7.43. The number of carboxylic acids is 2. The van der Waals surface area contributed by atoms with E-state index in [-0.39, 0.29) is 6.42 Å². The van der Waals surface area contributed by atoms with E-state index < -0.39 is 17.9 Å². The Morgan fingerprint density at radius 3 is 0.943 bits per heavy atom. The molecule has 208 valence electrons. The highest BCUT2D eigenvalue weighted by atomic mass is 16.4. The smallest absolute Gasteiger partial charge is 0.307 e. The maximum atomic E-state index is 11.0. The normalized spacial score (nSPS) is 12.1. The molecule has 0 aliphatic rings. The molecule has 0 heterocycles. The minimum Gasteiger partial charge on any atom is -0.481 e. The third-order valence-electron chi connectivity index (χ3n) is 7.43. The first-order chi connectivity index (χ1) is 17.1. The Kier molecular flexibility index (Phi) is 26.7. The van der Waals surface area contributed by atoms with Gasteiger partial charge in [-0.2, -0.15) is 0 Å². The molecular weight excluding hydrogens is 436 g/mol. The summed E-state index contributed by atoms with van der Waals surface area (Å²) in [7, 11) is 0. The zero-order chi connectivity index (χ0) is 25.8. The van der Waals surface area contributed by atoms with Gasteiger partial charge in [0, 0.05) is 0 Å². The Hall–Kier alpha value is -1.06. The summed E-state index contributed by atoms with van der Waals surface area (Å²) in [6.07, 6.45) is 34.1. The van der Waals surface area contributed by atoms with Crippen LogP contribution >= 0.6 is 0 Å². The van der Waals surface area contributed by atoms with Crippen LogP contribution in [0.25, 0.3) is 0 Å². The van der Waals surface area contributed by atoms with Gasteiger partial charge in [0.05, 0.1) is 12.3 Å². The molecule has 1 unspecified atom stereocenters. The van der Waals surface area contributed by atoms with Crippen LogP contribution in [-0.4, -0.2) is 22.2 Å². The molecule has 0 fully saturated rings. The van der Waals surface area contributed by atoms with Gasteiger partial charge < -0.3 is 10.2 Å². The number of hydrogen-bond donors (Lipinski definition) is 2. The molecule has 0 radical (unpaired) electrons. The molecule has 4 nitrogen and oxygen atoms in total. The highest BCUT2D eigenvalue weighted by Gasteiger charge is 2.20. The van der Waals surface area contributed by atoms with Crippen molar-refractivity contribution < 1.29 is 19.8 Å². The van der Waals surface area contributed by atoms with Gasteiger partial charge in [-0.05, 0) is 6.42 Å². The van der Waals surface area contributed by atoms with E-state index in [0.29, 0.717) is 6.42 Å². The zero-order valence-electron chi connectivity index (χ0n) is 23.4. The van der Waals surface area contributed by atoms with Crippen molar-refractivity contribution >= 4 is 11.9 Å². The Bertz CT molecular complexity index is 463. The van der Waals surface area contributed by atoms with Gasteiger partial charge in [-0.25, -0.2) is 0 Å². The summed E-state index contributed by atoms with van der Waals surface area (Å²) in [5, 5.41) is 17.8. The van der Waals surface area contributed by atoms with Gasteiger partial charge in [0.2, 0.25) is 0 Å². The number of rotatable bonds is 29. The zero-order valence-corrected chi connectivity index (χ0v) is 23.4. The standard InChI is InChI=1S/C31H60O4/c1-2-3-4-5-6-7-8-9-10-11-12-13-14-15-16-17-18-19-20-21-22-23-24-25-26-27-29(31(34)35)28-30(32)33/h29H,2-28H2,1H3,(H,32,33)(H,34,35). The van der Waals surface area contributed by atoms with Crippen molar-refractivity contribution in [2.24, 2.45) is 5.92 Å². The van der Waals surface area contributed by atoms with Crippen LogP contribution in [0.3, 0.4) is 0 Å². The predicted molar refractivity (Wildman–Crippen MR) is 149 cm³/mol. The van der Waals surface area contributed by atoms with E-state index in [1.165, 1.54) is 141 Å². The molecule has 0 aromatic carbocycles. The molecule has 2 N–H and O–H groups in total. The third kappa shape index (κ3) is 27.4. The number of carbonyl (C=O) groups is 2. The molecule has 4 heteroatoms. The van der Waals surface area contributed by atoms with E-state index in [9.17, 15) is 9.59 Å². The minimum atomic E-state index is -1.02. The monoisotopic (exact) mass is 496 g/mol. The van der Waals surface area contributed by atoms with Crippen LogP contribution in [0, 0.1) is 5.92 Å². The van der Waals surface area contributed by atoms with Crippen LogP contribution in [0.5, 0.6) is 0 Å². The summed E-state index contributed by atoms with van der Waals surface area (Å²) in [6.45, 7) is 2.29. The average Bonchev–Trinajstić information content (AvgIpc) is 2.83. The topological polar surface area (TPSA) is 74.6 Å². The second-order valence-electron chi connectivity index (χ2n) is 10.9. The highest BCUT2D eigenvalue weighted by molar-refractivity contribution is 5.77. The SMILES string of the molecule is CCCCCCCCCCCCCCCCCCCCCCCCCCCC(CC(=O)O)C(=O)O. The van der Waals surface area contributed by atoms with E-state index in [0.717, 1.165) is 19.3 Å². The lowest BCUT2D eigenvalue weighted by atomic mass is 9.97. The Morgan fingerprint density at radius 1 is 0.457 bits per heavy atom. The lowest BCUT2D eigenvalue weighted by molar-refractivity contribution is -0.148. The van der Waals surface area contributed by atoms with Crippen molar-refractivity contribution in [2.75, 3.05) is 0 Å². The quantitative estimate of drug-likeness (QED) is 0.101. The van der Waals surface area contributed by atoms with Crippen molar-refractivity contribution in [3.8, 4) is 0 Å². The summed E-state index contributed by atoms with van der Waals surface area (Å²) < 4.78 is 0. The van der Waals surface area contributed by atoms with Crippen molar-refractivity contribution in [2.45, 2.75) is 180 Å². The van der Waals surface area contributed by atoms with Crippen molar-refractivity contribution in [3.05, 3.63) is 0 Å². The second-order valence-corrected chi connectivity index (χ2v) is 10.9. The molecule has 0 rings (SSSR count). The minimum absolute atomic E-state index is 0.255. The molecule has 0 saturated heterocycles. The molecule has 0 aromatic rings. The van der Waals surface area contributed by atoms with Gasteiger partial charge in [-0.3, -0.25) is 9.59 Å². The molecular formula is C31H60O4. The maximum Gasteiger partial charge on any atom is 0.307 e. The Morgan fingerprint density at radius 2 is 0.714 bits per heavy atom. The van der Waals surface area contributed by atoms with Crippen LogP contribution < -0.4 is 0 Å². The first kappa shape index (κ1) is 33.9. The largest absolute Gasteiger partial charge is 0.481 e. The lowest BCUT2D eigenvalue weighted by Crippen LogP contribution is -2.17. The summed E-state index contributed by atoms with van der Waals surface area (Å²) in [5.74, 6) is -2.72. The molecule has 0 bridgehead atoms. The fourth-order valence-corrected chi connectivity index (χ4v) is 5.05. The molecule has 0 aliphatic heterocycles. The summed E-state index contributed by atoms with van der Waals surface area (Å²) in [5.41, 5.74) is 0. The van der Waals surface area contributed by atoms with Crippen molar-refractivity contribution in [3.63, 3.8) is 0 Å². The number of aliphatic carboxylic acids is 2. The molecule has 0 aliphatic carbocycles. The molecule has 0 amide bonds. The van der Waals surface area contributed by atoms with Gasteiger partial charge in [-0.15, -0.1) is 0 Å². The van der Waals surface area contributed by atoms with E-state index in [4.69, 9.17) is 10.2 Å². The van der Waals surface area contributed by atoms with Crippen LogP contribution in [0.2, 0.25) is 0 Å². The number of carboxylic acid groups (broad SMARTS) is 2. The summed E-state index contributed by atoms with van der Waals surface area (Å²) >= 11 is 0. The van der Waals surface area contributed by atoms with E-state index in [2.05, 4.69) is 6.92 Å². The van der Waals surface area contributed by atoms with Gasteiger partial charge in [0.15, 0.2) is 0 Å². The van der Waals surface area contributed by atoms with Crippen LogP contribution in [-0.2, 0) is 9.59 Å². The van der Waals surface area contributed by atoms with Gasteiger partial charge >= 0.3 is 11.9 Å². The fraction of sp³-hybridized carbons (Fsp3) is 0.935. The van der Waals surface area contributed by atoms with Gasteiger partial charge in [0.25, 0.3) is 0 Å². The van der Waals surface area contributed by atoms with Crippen LogP contribution in [0.15, 0.2) is 0 Å². The van der Waals surface area contributed by atoms with Crippen molar-refractivity contribution in [1.82, 2.24) is 0 Å². The van der Waals surface area contributed by atoms with Gasteiger partial charge in [-0.1, -0.05) is 167 Å². The first-order valence-corrected chi connectivity index (χ1v) is 15.5. The van der Waals surface area contributed by atoms with Crippen LogP contribution in [0.4, 0.5) is 0 Å². The number of unbranched alkanes of at least 4 members (excludes halogenated alkanes) is 24. The fourth-order valence-electron chi connectivity index (χ4n) is 5.05. The highest BCUT2D eigenvalue weighted by Crippen LogP contribution is 2.18. The molecule has 1 atom stereocenters. The lowest BCUT2D eigenvalue weighted by Gasteiger charge is -2.09. The predicted octanol–water partition coefficient (Wildman–Crippen LogP) is 10.3. The van der Waals surface area contributed by atoms with Crippen molar-refractivity contribution in [1.29, 1.82) is 0 Å². The van der Waals surface area contributed by atoms with E-state index in [1.807, 2.05) is 0 Å². The maximum absolute atomic E-state index is 11.0. The van der Waals surface area contributed by atoms with Crippen LogP contribution in [0.1, 0.15) is 180 Å². The molecule has 0 saturated carbocycles. The number of hydrogen-bond acceptors (Lipinski definition) is 2. The van der Waals surface area contributed by atoms with E-state index in [1.54, 1.807) is 0 Å². The molecule has 35 heavy (non-hydrogen) atoms. The summed E-state index contributed by atoms with van der Waals surface area (Å²) in [6, 6.07) is 0. The van der Waals surface area contributed by atoms with E-state index >= 15 is 0 Å².